The number of carbonyl (C=O) groups excluding carboxylic acids is 1. The molecule has 0 bridgehead atoms. The van der Waals surface area contributed by atoms with Crippen molar-refractivity contribution in [3.8, 4) is 0 Å². The van der Waals surface area contributed by atoms with Gasteiger partial charge in [-0.15, -0.1) is 11.3 Å². The van der Waals surface area contributed by atoms with E-state index in [1.165, 1.54) is 0 Å². The number of amides is 1. The number of aromatic nitrogens is 1. The molecule has 110 valence electrons. The van der Waals surface area contributed by atoms with Gasteiger partial charge in [0.1, 0.15) is 9.88 Å². The molecular formula is C14H13BrN2O3S. The number of rotatable bonds is 4. The predicted octanol–water partition coefficient (Wildman–Crippen LogP) is 3.15. The van der Waals surface area contributed by atoms with E-state index in [2.05, 4.69) is 26.2 Å². The molecule has 0 fully saturated rings. The number of carbonyl (C=O) groups is 2. The van der Waals surface area contributed by atoms with E-state index in [-0.39, 0.29) is 17.3 Å². The number of halogens is 1. The molecule has 1 aromatic carbocycles. The van der Waals surface area contributed by atoms with Crippen LogP contribution < -0.4 is 5.32 Å². The summed E-state index contributed by atoms with van der Waals surface area (Å²) in [4.78, 5) is 27.4. The topological polar surface area (TPSA) is 79.3 Å². The summed E-state index contributed by atoms with van der Waals surface area (Å²) in [7, 11) is 0. The standard InChI is InChI=1S/C14H13BrN2O3S/c1-7-4-3-5-9(11(7)15)13(18)16-6-10-17-8(2)12(21-10)14(19)20/h3-5H,6H2,1-2H3,(H,16,18)(H,19,20). The van der Waals surface area contributed by atoms with Gasteiger partial charge in [0.25, 0.3) is 5.91 Å². The quantitative estimate of drug-likeness (QED) is 0.868. The van der Waals surface area contributed by atoms with Gasteiger partial charge in [-0.25, -0.2) is 9.78 Å². The number of benzene rings is 1. The van der Waals surface area contributed by atoms with Crippen molar-refractivity contribution in [3.63, 3.8) is 0 Å². The zero-order valence-corrected chi connectivity index (χ0v) is 13.8. The third-order valence-corrected chi connectivity index (χ3v) is 5.07. The Morgan fingerprint density at radius 3 is 2.71 bits per heavy atom. The first-order valence-electron chi connectivity index (χ1n) is 6.13. The molecule has 1 heterocycles. The average molecular weight is 369 g/mol. The van der Waals surface area contributed by atoms with Gasteiger partial charge in [-0.05, 0) is 41.4 Å². The summed E-state index contributed by atoms with van der Waals surface area (Å²) in [5.74, 6) is -1.22. The number of carboxylic acid groups (broad SMARTS) is 1. The first-order valence-corrected chi connectivity index (χ1v) is 7.74. The van der Waals surface area contributed by atoms with Gasteiger partial charge in [0.15, 0.2) is 0 Å². The maximum atomic E-state index is 12.1. The van der Waals surface area contributed by atoms with Crippen molar-refractivity contribution >= 4 is 39.1 Å². The van der Waals surface area contributed by atoms with Gasteiger partial charge in [0.05, 0.1) is 17.8 Å². The van der Waals surface area contributed by atoms with E-state index >= 15 is 0 Å². The molecule has 0 radical (unpaired) electrons. The summed E-state index contributed by atoms with van der Waals surface area (Å²) in [6, 6.07) is 5.44. The number of aromatic carboxylic acids is 1. The SMILES string of the molecule is Cc1cccc(C(=O)NCc2nc(C)c(C(=O)O)s2)c1Br. The molecular weight excluding hydrogens is 356 g/mol. The van der Waals surface area contributed by atoms with Crippen LogP contribution in [0.2, 0.25) is 0 Å². The van der Waals surface area contributed by atoms with Crippen LogP contribution in [0.1, 0.15) is 36.3 Å². The van der Waals surface area contributed by atoms with Gasteiger partial charge < -0.3 is 10.4 Å². The van der Waals surface area contributed by atoms with E-state index in [0.717, 1.165) is 21.4 Å². The molecule has 0 spiro atoms. The van der Waals surface area contributed by atoms with Gasteiger partial charge in [-0.2, -0.15) is 0 Å². The average Bonchev–Trinajstić information content (AvgIpc) is 2.80. The van der Waals surface area contributed by atoms with Crippen molar-refractivity contribution in [2.24, 2.45) is 0 Å². The molecule has 7 heteroatoms. The first-order chi connectivity index (χ1) is 9.90. The number of aryl methyl sites for hydroxylation is 2. The second kappa shape index (κ2) is 6.36. The summed E-state index contributed by atoms with van der Waals surface area (Å²) < 4.78 is 0.754. The van der Waals surface area contributed by atoms with Crippen LogP contribution in [-0.2, 0) is 6.54 Å². The van der Waals surface area contributed by atoms with Crippen LogP contribution in [0.4, 0.5) is 0 Å². The Labute approximate surface area is 134 Å². The van der Waals surface area contributed by atoms with E-state index in [1.54, 1.807) is 13.0 Å². The highest BCUT2D eigenvalue weighted by Gasteiger charge is 2.15. The highest BCUT2D eigenvalue weighted by Crippen LogP contribution is 2.21. The van der Waals surface area contributed by atoms with E-state index in [9.17, 15) is 9.59 Å². The molecule has 2 aromatic rings. The number of hydrogen-bond donors (Lipinski definition) is 2. The Kier molecular flexibility index (Phi) is 4.74. The van der Waals surface area contributed by atoms with Crippen LogP contribution in [0.3, 0.4) is 0 Å². The Morgan fingerprint density at radius 2 is 2.10 bits per heavy atom. The maximum Gasteiger partial charge on any atom is 0.347 e. The molecule has 2 N–H and O–H groups in total. The van der Waals surface area contributed by atoms with Crippen molar-refractivity contribution in [3.05, 3.63) is 49.4 Å². The Bertz CT molecular complexity index is 712. The lowest BCUT2D eigenvalue weighted by Gasteiger charge is -2.07. The van der Waals surface area contributed by atoms with Gasteiger partial charge in [-0.3, -0.25) is 4.79 Å². The Balaban J connectivity index is 2.09. The number of nitrogens with zero attached hydrogens (tertiary/aromatic N) is 1. The van der Waals surface area contributed by atoms with Crippen molar-refractivity contribution in [1.82, 2.24) is 10.3 Å². The van der Waals surface area contributed by atoms with E-state index < -0.39 is 5.97 Å². The second-order valence-electron chi connectivity index (χ2n) is 4.45. The molecule has 0 aliphatic rings. The first kappa shape index (κ1) is 15.7. The van der Waals surface area contributed by atoms with Crippen molar-refractivity contribution in [2.45, 2.75) is 20.4 Å². The van der Waals surface area contributed by atoms with Gasteiger partial charge in [0, 0.05) is 4.47 Å². The predicted molar refractivity (Wildman–Crippen MR) is 83.9 cm³/mol. The van der Waals surface area contributed by atoms with Crippen LogP contribution in [0, 0.1) is 13.8 Å². The van der Waals surface area contributed by atoms with Gasteiger partial charge in [-0.1, -0.05) is 12.1 Å². The highest BCUT2D eigenvalue weighted by atomic mass is 79.9. The normalized spacial score (nSPS) is 10.4. The zero-order valence-electron chi connectivity index (χ0n) is 11.4. The number of carboxylic acids is 1. The number of thiazole rings is 1. The zero-order chi connectivity index (χ0) is 15.6. The lowest BCUT2D eigenvalue weighted by atomic mass is 10.1. The minimum Gasteiger partial charge on any atom is -0.477 e. The lowest BCUT2D eigenvalue weighted by molar-refractivity contribution is 0.0701. The largest absolute Gasteiger partial charge is 0.477 e. The molecule has 0 aliphatic heterocycles. The van der Waals surface area contributed by atoms with Crippen LogP contribution >= 0.6 is 27.3 Å². The fourth-order valence-corrected chi connectivity index (χ4v) is 3.09. The summed E-state index contributed by atoms with van der Waals surface area (Å²) in [6.07, 6.45) is 0. The van der Waals surface area contributed by atoms with Crippen molar-refractivity contribution < 1.29 is 14.7 Å². The highest BCUT2D eigenvalue weighted by molar-refractivity contribution is 9.10. The fourth-order valence-electron chi connectivity index (χ4n) is 1.80. The summed E-state index contributed by atoms with van der Waals surface area (Å²) in [5, 5.41) is 12.3. The number of nitrogens with one attached hydrogen (secondary N) is 1. The van der Waals surface area contributed by atoms with E-state index in [1.807, 2.05) is 19.1 Å². The maximum absolute atomic E-state index is 12.1. The molecule has 0 aliphatic carbocycles. The van der Waals surface area contributed by atoms with Gasteiger partial charge >= 0.3 is 5.97 Å². The summed E-state index contributed by atoms with van der Waals surface area (Å²) in [5.41, 5.74) is 1.98. The molecule has 1 amide bonds. The summed E-state index contributed by atoms with van der Waals surface area (Å²) >= 11 is 4.47. The minimum atomic E-state index is -0.996. The van der Waals surface area contributed by atoms with Crippen LogP contribution in [0.5, 0.6) is 0 Å². The number of hydrogen-bond acceptors (Lipinski definition) is 4. The molecule has 5 nitrogen and oxygen atoms in total. The second-order valence-corrected chi connectivity index (χ2v) is 6.32. The molecule has 21 heavy (non-hydrogen) atoms. The lowest BCUT2D eigenvalue weighted by Crippen LogP contribution is -2.23. The molecule has 0 atom stereocenters. The van der Waals surface area contributed by atoms with E-state index in [4.69, 9.17) is 5.11 Å². The Morgan fingerprint density at radius 1 is 1.38 bits per heavy atom. The van der Waals surface area contributed by atoms with Crippen LogP contribution in [-0.4, -0.2) is 22.0 Å². The third-order valence-electron chi connectivity index (χ3n) is 2.87. The Hall–Kier alpha value is -1.73. The van der Waals surface area contributed by atoms with Crippen molar-refractivity contribution in [1.29, 1.82) is 0 Å². The molecule has 0 unspecified atom stereocenters. The van der Waals surface area contributed by atoms with Crippen molar-refractivity contribution in [2.75, 3.05) is 0 Å². The van der Waals surface area contributed by atoms with Crippen LogP contribution in [0.25, 0.3) is 0 Å². The summed E-state index contributed by atoms with van der Waals surface area (Å²) in [6.45, 7) is 3.75. The molecule has 0 saturated carbocycles. The molecule has 2 rings (SSSR count). The molecule has 0 saturated heterocycles. The molecule has 1 aromatic heterocycles. The fraction of sp³-hybridized carbons (Fsp3) is 0.214. The van der Waals surface area contributed by atoms with E-state index in [0.29, 0.717) is 16.3 Å². The third kappa shape index (κ3) is 3.48. The smallest absolute Gasteiger partial charge is 0.347 e. The minimum absolute atomic E-state index is 0.205. The van der Waals surface area contributed by atoms with Crippen LogP contribution in [0.15, 0.2) is 22.7 Å². The monoisotopic (exact) mass is 368 g/mol. The van der Waals surface area contributed by atoms with Gasteiger partial charge in [0.2, 0.25) is 0 Å².